The Morgan fingerprint density at radius 3 is 2.17 bits per heavy atom. The van der Waals surface area contributed by atoms with Crippen molar-refractivity contribution in [3.8, 4) is 0 Å². The molecule has 0 bridgehead atoms. The zero-order valence-corrected chi connectivity index (χ0v) is 12.2. The maximum Gasteiger partial charge on any atom is 0.223 e. The van der Waals surface area contributed by atoms with Gasteiger partial charge < -0.3 is 10.6 Å². The fourth-order valence-electron chi connectivity index (χ4n) is 2.74. The standard InChI is InChI=1S/C14H29N3O/c1-16(2)14(18)10-13(11-15)17(3)12-8-6-4-5-7-9-12/h12-13H,4-11,15H2,1-3H3. The minimum atomic E-state index is 0.172. The van der Waals surface area contributed by atoms with Gasteiger partial charge in [-0.15, -0.1) is 0 Å². The first-order valence-electron chi connectivity index (χ1n) is 7.18. The third-order valence-corrected chi connectivity index (χ3v) is 4.16. The van der Waals surface area contributed by atoms with Crippen LogP contribution in [0.1, 0.15) is 44.9 Å². The molecule has 1 rings (SSSR count). The topological polar surface area (TPSA) is 49.6 Å². The smallest absolute Gasteiger partial charge is 0.223 e. The number of carbonyl (C=O) groups excluding carboxylic acids is 1. The Balaban J connectivity index is 2.54. The lowest BCUT2D eigenvalue weighted by molar-refractivity contribution is -0.130. The van der Waals surface area contributed by atoms with Crippen molar-refractivity contribution in [3.05, 3.63) is 0 Å². The van der Waals surface area contributed by atoms with Crippen molar-refractivity contribution in [1.82, 2.24) is 9.80 Å². The second-order valence-electron chi connectivity index (χ2n) is 5.69. The number of hydrogen-bond acceptors (Lipinski definition) is 3. The first-order chi connectivity index (χ1) is 8.56. The highest BCUT2D eigenvalue weighted by atomic mass is 16.2. The highest BCUT2D eigenvalue weighted by Gasteiger charge is 2.25. The third-order valence-electron chi connectivity index (χ3n) is 4.16. The molecule has 0 aromatic rings. The predicted molar refractivity (Wildman–Crippen MR) is 75.4 cm³/mol. The summed E-state index contributed by atoms with van der Waals surface area (Å²) in [5.41, 5.74) is 5.86. The number of nitrogens with zero attached hydrogens (tertiary/aromatic N) is 2. The normalized spacial score (nSPS) is 19.6. The van der Waals surface area contributed by atoms with Crippen LogP contribution < -0.4 is 5.73 Å². The molecule has 106 valence electrons. The van der Waals surface area contributed by atoms with Crippen molar-refractivity contribution in [2.45, 2.75) is 57.0 Å². The molecule has 2 N–H and O–H groups in total. The van der Waals surface area contributed by atoms with Crippen LogP contribution in [0.5, 0.6) is 0 Å². The van der Waals surface area contributed by atoms with E-state index < -0.39 is 0 Å². The Hall–Kier alpha value is -0.610. The summed E-state index contributed by atoms with van der Waals surface area (Å²) < 4.78 is 0. The van der Waals surface area contributed by atoms with Crippen LogP contribution in [0.3, 0.4) is 0 Å². The first-order valence-corrected chi connectivity index (χ1v) is 7.18. The van der Waals surface area contributed by atoms with Crippen LogP contribution in [-0.4, -0.2) is 55.5 Å². The first kappa shape index (κ1) is 15.4. The van der Waals surface area contributed by atoms with E-state index in [9.17, 15) is 4.79 Å². The van der Waals surface area contributed by atoms with Crippen molar-refractivity contribution in [2.75, 3.05) is 27.7 Å². The molecule has 0 spiro atoms. The van der Waals surface area contributed by atoms with Crippen LogP contribution in [0.15, 0.2) is 0 Å². The average Bonchev–Trinajstić information content (AvgIpc) is 2.63. The Morgan fingerprint density at radius 1 is 1.17 bits per heavy atom. The van der Waals surface area contributed by atoms with Gasteiger partial charge in [-0.05, 0) is 19.9 Å². The van der Waals surface area contributed by atoms with E-state index in [0.717, 1.165) is 0 Å². The molecule has 0 saturated heterocycles. The van der Waals surface area contributed by atoms with E-state index in [-0.39, 0.29) is 11.9 Å². The summed E-state index contributed by atoms with van der Waals surface area (Å²) in [5, 5.41) is 0. The maximum atomic E-state index is 11.8. The molecule has 0 heterocycles. The van der Waals surface area contributed by atoms with E-state index in [1.54, 1.807) is 4.90 Å². The maximum absolute atomic E-state index is 11.8. The minimum Gasteiger partial charge on any atom is -0.349 e. The fraction of sp³-hybridized carbons (Fsp3) is 0.929. The molecule has 1 amide bonds. The zero-order valence-electron chi connectivity index (χ0n) is 12.2. The Bertz CT molecular complexity index is 247. The number of carbonyl (C=O) groups is 1. The molecule has 1 saturated carbocycles. The number of nitrogens with two attached hydrogens (primary N) is 1. The van der Waals surface area contributed by atoms with Crippen LogP contribution in [-0.2, 0) is 4.79 Å². The molecular weight excluding hydrogens is 226 g/mol. The lowest BCUT2D eigenvalue weighted by Gasteiger charge is -2.34. The van der Waals surface area contributed by atoms with Gasteiger partial charge in [0, 0.05) is 39.1 Å². The van der Waals surface area contributed by atoms with Gasteiger partial charge in [-0.3, -0.25) is 9.69 Å². The van der Waals surface area contributed by atoms with E-state index in [0.29, 0.717) is 19.0 Å². The Morgan fingerprint density at radius 2 is 1.72 bits per heavy atom. The monoisotopic (exact) mass is 255 g/mol. The van der Waals surface area contributed by atoms with Crippen molar-refractivity contribution in [1.29, 1.82) is 0 Å². The van der Waals surface area contributed by atoms with E-state index in [2.05, 4.69) is 11.9 Å². The number of amides is 1. The highest BCUT2D eigenvalue weighted by molar-refractivity contribution is 5.76. The third kappa shape index (κ3) is 4.58. The number of likely N-dealkylation sites (N-methyl/N-ethyl adjacent to an activating group) is 1. The largest absolute Gasteiger partial charge is 0.349 e. The molecule has 18 heavy (non-hydrogen) atoms. The molecule has 1 unspecified atom stereocenters. The summed E-state index contributed by atoms with van der Waals surface area (Å²) in [6.07, 6.45) is 8.38. The van der Waals surface area contributed by atoms with Crippen LogP contribution in [0.2, 0.25) is 0 Å². The van der Waals surface area contributed by atoms with E-state index in [1.165, 1.54) is 38.5 Å². The van der Waals surface area contributed by atoms with Crippen molar-refractivity contribution < 1.29 is 4.79 Å². The summed E-state index contributed by atoms with van der Waals surface area (Å²) in [4.78, 5) is 15.8. The summed E-state index contributed by atoms with van der Waals surface area (Å²) in [6.45, 7) is 0.562. The molecule has 1 fully saturated rings. The SMILES string of the molecule is CN(C)C(=O)CC(CN)N(C)C1CCCCCC1. The molecule has 4 heteroatoms. The minimum absolute atomic E-state index is 0.172. The molecule has 0 radical (unpaired) electrons. The van der Waals surface area contributed by atoms with Gasteiger partial charge >= 0.3 is 0 Å². The van der Waals surface area contributed by atoms with Crippen LogP contribution in [0.25, 0.3) is 0 Å². The van der Waals surface area contributed by atoms with Gasteiger partial charge in [-0.2, -0.15) is 0 Å². The fourth-order valence-corrected chi connectivity index (χ4v) is 2.74. The summed E-state index contributed by atoms with van der Waals surface area (Å²) in [7, 11) is 5.75. The highest BCUT2D eigenvalue weighted by Crippen LogP contribution is 2.23. The molecule has 0 aromatic carbocycles. The lowest BCUT2D eigenvalue weighted by atomic mass is 10.0. The van der Waals surface area contributed by atoms with Crippen LogP contribution >= 0.6 is 0 Å². The van der Waals surface area contributed by atoms with Crippen molar-refractivity contribution in [2.24, 2.45) is 5.73 Å². The molecule has 0 aliphatic heterocycles. The quantitative estimate of drug-likeness (QED) is 0.756. The van der Waals surface area contributed by atoms with Gasteiger partial charge in [-0.1, -0.05) is 25.7 Å². The number of hydrogen-bond donors (Lipinski definition) is 1. The molecule has 1 atom stereocenters. The van der Waals surface area contributed by atoms with Gasteiger partial charge in [0.2, 0.25) is 5.91 Å². The summed E-state index contributed by atoms with van der Waals surface area (Å²) in [5.74, 6) is 0.172. The van der Waals surface area contributed by atoms with Gasteiger partial charge in [0.15, 0.2) is 0 Å². The second kappa shape index (κ2) is 7.74. The Kier molecular flexibility index (Phi) is 6.65. The summed E-state index contributed by atoms with van der Waals surface area (Å²) in [6, 6.07) is 0.791. The number of rotatable bonds is 5. The molecule has 1 aliphatic rings. The van der Waals surface area contributed by atoms with E-state index in [1.807, 2.05) is 14.1 Å². The molecular formula is C14H29N3O. The van der Waals surface area contributed by atoms with Crippen LogP contribution in [0, 0.1) is 0 Å². The lowest BCUT2D eigenvalue weighted by Crippen LogP contribution is -2.46. The molecule has 1 aliphatic carbocycles. The molecule has 4 nitrogen and oxygen atoms in total. The molecule has 0 aromatic heterocycles. The van der Waals surface area contributed by atoms with Gasteiger partial charge in [0.1, 0.15) is 0 Å². The predicted octanol–water partition coefficient (Wildman–Crippen LogP) is 1.45. The van der Waals surface area contributed by atoms with E-state index >= 15 is 0 Å². The Labute approximate surface area is 111 Å². The zero-order chi connectivity index (χ0) is 13.5. The average molecular weight is 255 g/mol. The second-order valence-corrected chi connectivity index (χ2v) is 5.69. The van der Waals surface area contributed by atoms with Crippen molar-refractivity contribution in [3.63, 3.8) is 0 Å². The van der Waals surface area contributed by atoms with Crippen molar-refractivity contribution >= 4 is 5.91 Å². The van der Waals surface area contributed by atoms with E-state index in [4.69, 9.17) is 5.73 Å². The van der Waals surface area contributed by atoms with Gasteiger partial charge in [-0.25, -0.2) is 0 Å². The summed E-state index contributed by atoms with van der Waals surface area (Å²) >= 11 is 0. The van der Waals surface area contributed by atoms with Crippen LogP contribution in [0.4, 0.5) is 0 Å². The van der Waals surface area contributed by atoms with Gasteiger partial charge in [0.05, 0.1) is 0 Å². The van der Waals surface area contributed by atoms with Gasteiger partial charge in [0.25, 0.3) is 0 Å².